The van der Waals surface area contributed by atoms with Crippen LogP contribution >= 0.6 is 15.9 Å². The molecule has 6 heteroatoms. The number of hydrogen-bond acceptors (Lipinski definition) is 4. The van der Waals surface area contributed by atoms with Gasteiger partial charge in [0.15, 0.2) is 18.1 Å². The molecule has 0 atom stereocenters. The highest BCUT2D eigenvalue weighted by molar-refractivity contribution is 9.10. The van der Waals surface area contributed by atoms with E-state index >= 15 is 0 Å². The third-order valence-corrected chi connectivity index (χ3v) is 2.60. The maximum absolute atomic E-state index is 11.4. The fraction of sp³-hybridized carbons (Fsp3) is 0.364. The molecule has 0 bridgehead atoms. The van der Waals surface area contributed by atoms with Crippen molar-refractivity contribution in [3.05, 3.63) is 22.7 Å². The Bertz CT molecular complexity index is 397. The van der Waals surface area contributed by atoms with E-state index in [-0.39, 0.29) is 12.5 Å². The number of amides is 1. The zero-order valence-corrected chi connectivity index (χ0v) is 11.5. The molecule has 0 saturated carbocycles. The van der Waals surface area contributed by atoms with E-state index in [0.29, 0.717) is 11.5 Å². The zero-order valence-electron chi connectivity index (χ0n) is 9.90. The fourth-order valence-corrected chi connectivity index (χ4v) is 1.43. The van der Waals surface area contributed by atoms with E-state index in [2.05, 4.69) is 15.9 Å². The van der Waals surface area contributed by atoms with Gasteiger partial charge in [-0.15, -0.1) is 0 Å². The number of rotatable bonds is 5. The average molecular weight is 304 g/mol. The molecule has 0 radical (unpaired) electrons. The monoisotopic (exact) mass is 303 g/mol. The predicted octanol–water partition coefficient (Wildman–Crippen LogP) is 1.86. The number of benzene rings is 1. The van der Waals surface area contributed by atoms with Crippen molar-refractivity contribution in [3.8, 4) is 11.5 Å². The molecule has 1 rings (SSSR count). The Hall–Kier alpha value is -1.27. The standard InChI is InChI=1S/C11H14BrNO4/c1-13(16-3)11(14)7-17-9-5-4-8(12)6-10(9)15-2/h4-6H,7H2,1-3H3. The average Bonchev–Trinajstić information content (AvgIpc) is 2.35. The van der Waals surface area contributed by atoms with Crippen molar-refractivity contribution >= 4 is 21.8 Å². The van der Waals surface area contributed by atoms with Crippen LogP contribution in [0.1, 0.15) is 0 Å². The lowest BCUT2D eigenvalue weighted by Crippen LogP contribution is -2.30. The second-order valence-electron chi connectivity index (χ2n) is 3.16. The molecule has 1 aromatic carbocycles. The zero-order chi connectivity index (χ0) is 12.8. The summed E-state index contributed by atoms with van der Waals surface area (Å²) in [6.07, 6.45) is 0. The van der Waals surface area contributed by atoms with E-state index in [9.17, 15) is 4.79 Å². The molecule has 5 nitrogen and oxygen atoms in total. The van der Waals surface area contributed by atoms with Crippen molar-refractivity contribution in [2.45, 2.75) is 0 Å². The number of carbonyl (C=O) groups is 1. The first-order valence-corrected chi connectivity index (χ1v) is 5.64. The quantitative estimate of drug-likeness (QED) is 0.779. The summed E-state index contributed by atoms with van der Waals surface area (Å²) in [5.74, 6) is 0.790. The molecular weight excluding hydrogens is 290 g/mol. The molecule has 94 valence electrons. The molecule has 0 N–H and O–H groups in total. The number of halogens is 1. The normalized spacial score (nSPS) is 9.88. The van der Waals surface area contributed by atoms with Gasteiger partial charge in [-0.3, -0.25) is 9.63 Å². The lowest BCUT2D eigenvalue weighted by Gasteiger charge is -2.15. The lowest BCUT2D eigenvalue weighted by atomic mass is 10.3. The second-order valence-corrected chi connectivity index (χ2v) is 4.07. The van der Waals surface area contributed by atoms with Gasteiger partial charge in [-0.1, -0.05) is 15.9 Å². The van der Waals surface area contributed by atoms with E-state index in [1.54, 1.807) is 12.1 Å². The van der Waals surface area contributed by atoms with Crippen LogP contribution in [0.2, 0.25) is 0 Å². The van der Waals surface area contributed by atoms with Crippen LogP contribution in [0.5, 0.6) is 11.5 Å². The molecule has 1 amide bonds. The summed E-state index contributed by atoms with van der Waals surface area (Å²) in [6.45, 7) is -0.109. The van der Waals surface area contributed by atoms with Crippen molar-refractivity contribution in [2.24, 2.45) is 0 Å². The molecule has 0 aromatic heterocycles. The molecule has 0 unspecified atom stereocenters. The number of likely N-dealkylation sites (N-methyl/N-ethyl adjacent to an activating group) is 1. The molecule has 0 aliphatic rings. The number of methoxy groups -OCH3 is 1. The fourth-order valence-electron chi connectivity index (χ4n) is 1.09. The SMILES string of the molecule is COc1cc(Br)ccc1OCC(=O)N(C)OC. The Balaban J connectivity index is 2.66. The van der Waals surface area contributed by atoms with Crippen molar-refractivity contribution in [3.63, 3.8) is 0 Å². The first-order valence-electron chi connectivity index (χ1n) is 4.85. The minimum Gasteiger partial charge on any atom is -0.493 e. The number of hydrogen-bond donors (Lipinski definition) is 0. The third kappa shape index (κ3) is 3.90. The second kappa shape index (κ2) is 6.46. The van der Waals surface area contributed by atoms with Crippen molar-refractivity contribution < 1.29 is 19.1 Å². The molecule has 0 spiro atoms. The number of ether oxygens (including phenoxy) is 2. The molecule has 0 fully saturated rings. The molecule has 17 heavy (non-hydrogen) atoms. The highest BCUT2D eigenvalue weighted by Gasteiger charge is 2.11. The predicted molar refractivity (Wildman–Crippen MR) is 66.0 cm³/mol. The molecule has 0 heterocycles. The molecule has 0 aliphatic heterocycles. The summed E-state index contributed by atoms with van der Waals surface area (Å²) in [6, 6.07) is 5.30. The van der Waals surface area contributed by atoms with Crippen LogP contribution in [0.25, 0.3) is 0 Å². The molecular formula is C11H14BrNO4. The Kier molecular flexibility index (Phi) is 5.24. The van der Waals surface area contributed by atoms with Crippen LogP contribution in [0.3, 0.4) is 0 Å². The van der Waals surface area contributed by atoms with Gasteiger partial charge in [0, 0.05) is 11.5 Å². The van der Waals surface area contributed by atoms with Crippen LogP contribution in [-0.2, 0) is 9.63 Å². The van der Waals surface area contributed by atoms with Gasteiger partial charge in [-0.05, 0) is 18.2 Å². The minimum absolute atomic E-state index is 0.109. The van der Waals surface area contributed by atoms with Crippen molar-refractivity contribution in [1.82, 2.24) is 5.06 Å². The topological polar surface area (TPSA) is 48.0 Å². The highest BCUT2D eigenvalue weighted by atomic mass is 79.9. The summed E-state index contributed by atoms with van der Waals surface area (Å²) in [7, 11) is 4.47. The van der Waals surface area contributed by atoms with Gasteiger partial charge in [0.25, 0.3) is 5.91 Å². The summed E-state index contributed by atoms with van der Waals surface area (Å²) >= 11 is 3.32. The number of hydroxylamine groups is 2. The van der Waals surface area contributed by atoms with E-state index in [1.807, 2.05) is 6.07 Å². The minimum atomic E-state index is -0.280. The largest absolute Gasteiger partial charge is 0.493 e. The van der Waals surface area contributed by atoms with Gasteiger partial charge >= 0.3 is 0 Å². The van der Waals surface area contributed by atoms with Crippen LogP contribution < -0.4 is 9.47 Å². The first kappa shape index (κ1) is 13.8. The highest BCUT2D eigenvalue weighted by Crippen LogP contribution is 2.30. The van der Waals surface area contributed by atoms with Gasteiger partial charge in [-0.25, -0.2) is 5.06 Å². The Morgan fingerprint density at radius 3 is 2.65 bits per heavy atom. The maximum atomic E-state index is 11.4. The van der Waals surface area contributed by atoms with Crippen molar-refractivity contribution in [1.29, 1.82) is 0 Å². The summed E-state index contributed by atoms with van der Waals surface area (Å²) in [5, 5.41) is 1.10. The summed E-state index contributed by atoms with van der Waals surface area (Å²) in [4.78, 5) is 16.2. The number of carbonyl (C=O) groups excluding carboxylic acids is 1. The van der Waals surface area contributed by atoms with E-state index in [1.165, 1.54) is 21.3 Å². The molecule has 0 aliphatic carbocycles. The van der Waals surface area contributed by atoms with Gasteiger partial charge in [0.2, 0.25) is 0 Å². The Labute approximate surface area is 108 Å². The summed E-state index contributed by atoms with van der Waals surface area (Å²) < 4.78 is 11.4. The maximum Gasteiger partial charge on any atom is 0.283 e. The van der Waals surface area contributed by atoms with Crippen molar-refractivity contribution in [2.75, 3.05) is 27.9 Å². The summed E-state index contributed by atoms with van der Waals surface area (Å²) in [5.41, 5.74) is 0. The smallest absolute Gasteiger partial charge is 0.283 e. The van der Waals surface area contributed by atoms with Gasteiger partial charge in [-0.2, -0.15) is 0 Å². The number of nitrogens with zero attached hydrogens (tertiary/aromatic N) is 1. The lowest BCUT2D eigenvalue weighted by molar-refractivity contribution is -0.170. The van der Waals surface area contributed by atoms with Crippen LogP contribution in [-0.4, -0.2) is 38.8 Å². The Morgan fingerprint density at radius 2 is 2.06 bits per heavy atom. The van der Waals surface area contributed by atoms with Crippen LogP contribution in [0.15, 0.2) is 22.7 Å². The van der Waals surface area contributed by atoms with Gasteiger partial charge in [0.1, 0.15) is 0 Å². The molecule has 1 aromatic rings. The third-order valence-electron chi connectivity index (χ3n) is 2.10. The van der Waals surface area contributed by atoms with E-state index in [4.69, 9.17) is 14.3 Å². The van der Waals surface area contributed by atoms with E-state index < -0.39 is 0 Å². The van der Waals surface area contributed by atoms with E-state index in [0.717, 1.165) is 9.54 Å². The van der Waals surface area contributed by atoms with Gasteiger partial charge in [0.05, 0.1) is 14.2 Å². The first-order chi connectivity index (χ1) is 8.08. The Morgan fingerprint density at radius 1 is 1.35 bits per heavy atom. The van der Waals surface area contributed by atoms with Crippen LogP contribution in [0, 0.1) is 0 Å². The van der Waals surface area contributed by atoms with Crippen LogP contribution in [0.4, 0.5) is 0 Å². The molecule has 0 saturated heterocycles. The van der Waals surface area contributed by atoms with Gasteiger partial charge < -0.3 is 9.47 Å².